The van der Waals surface area contributed by atoms with Crippen molar-refractivity contribution in [3.05, 3.63) is 0 Å². The van der Waals surface area contributed by atoms with Gasteiger partial charge >= 0.3 is 12.2 Å². The third-order valence-electron chi connectivity index (χ3n) is 3.15. The smallest absolute Gasteiger partial charge is 0.408 e. The van der Waals surface area contributed by atoms with Crippen molar-refractivity contribution in [1.29, 1.82) is 0 Å². The van der Waals surface area contributed by atoms with Crippen LogP contribution < -0.4 is 10.6 Å². The third kappa shape index (κ3) is 9.17. The van der Waals surface area contributed by atoms with Gasteiger partial charge < -0.3 is 25.0 Å². The Bertz CT molecular complexity index is 508. The Morgan fingerprint density at radius 1 is 1.04 bits per heavy atom. The van der Waals surface area contributed by atoms with Crippen LogP contribution in [0.3, 0.4) is 0 Å². The van der Waals surface area contributed by atoms with Crippen molar-refractivity contribution >= 4 is 29.9 Å². The molecule has 1 rings (SSSR count). The monoisotopic (exact) mass is 389 g/mol. The van der Waals surface area contributed by atoms with Gasteiger partial charge in [0.1, 0.15) is 17.2 Å². The Hall–Kier alpha value is -1.64. The SMILES string of the molecule is CC(C)(C)OC(=O)NCC[C@H](NC(=O)OC(C)(C)C)C(=O)N1CCSC1. The standard InChI is InChI=1S/C17H31N3O5S/c1-16(2,3)24-14(22)18-8-7-12(13(21)20-9-10-26-11-20)19-15(23)25-17(4,5)6/h12H,7-11H2,1-6H3,(H,18,22)(H,19,23)/t12-/m0/s1. The zero-order chi connectivity index (χ0) is 20.0. The van der Waals surface area contributed by atoms with E-state index in [0.717, 1.165) is 5.75 Å². The minimum Gasteiger partial charge on any atom is -0.444 e. The molecule has 1 aliphatic heterocycles. The molecule has 0 radical (unpaired) electrons. The first-order valence-corrected chi connectivity index (χ1v) is 9.86. The number of rotatable bonds is 5. The molecule has 9 heteroatoms. The molecule has 3 amide bonds. The van der Waals surface area contributed by atoms with Crippen LogP contribution in [-0.4, -0.2) is 65.0 Å². The first-order chi connectivity index (χ1) is 11.9. The summed E-state index contributed by atoms with van der Waals surface area (Å²) in [5.74, 6) is 1.30. The fourth-order valence-electron chi connectivity index (χ4n) is 2.15. The molecule has 0 aromatic heterocycles. The second kappa shape index (κ2) is 9.34. The van der Waals surface area contributed by atoms with Gasteiger partial charge in [0.05, 0.1) is 5.88 Å². The van der Waals surface area contributed by atoms with E-state index in [0.29, 0.717) is 12.4 Å². The van der Waals surface area contributed by atoms with Crippen LogP contribution in [0.2, 0.25) is 0 Å². The lowest BCUT2D eigenvalue weighted by atomic mass is 10.1. The van der Waals surface area contributed by atoms with Gasteiger partial charge in [-0.3, -0.25) is 4.79 Å². The fraction of sp³-hybridized carbons (Fsp3) is 0.824. The molecule has 0 aliphatic carbocycles. The van der Waals surface area contributed by atoms with Gasteiger partial charge in [0.15, 0.2) is 0 Å². The van der Waals surface area contributed by atoms with Gasteiger partial charge in [0.25, 0.3) is 0 Å². The van der Waals surface area contributed by atoms with Gasteiger partial charge in [-0.15, -0.1) is 11.8 Å². The van der Waals surface area contributed by atoms with Crippen LogP contribution in [0.5, 0.6) is 0 Å². The van der Waals surface area contributed by atoms with E-state index in [2.05, 4.69) is 10.6 Å². The molecule has 0 bridgehead atoms. The van der Waals surface area contributed by atoms with Crippen molar-refractivity contribution in [3.63, 3.8) is 0 Å². The second-order valence-corrected chi connectivity index (χ2v) is 9.13. The summed E-state index contributed by atoms with van der Waals surface area (Å²) in [6.45, 7) is 11.4. The third-order valence-corrected chi connectivity index (χ3v) is 4.12. The maximum atomic E-state index is 12.6. The normalized spacial score (nSPS) is 16.0. The van der Waals surface area contributed by atoms with Gasteiger partial charge in [0, 0.05) is 18.8 Å². The van der Waals surface area contributed by atoms with E-state index >= 15 is 0 Å². The molecule has 1 atom stereocenters. The number of nitrogens with one attached hydrogen (secondary N) is 2. The maximum absolute atomic E-state index is 12.6. The Morgan fingerprint density at radius 2 is 1.62 bits per heavy atom. The summed E-state index contributed by atoms with van der Waals surface area (Å²) >= 11 is 1.66. The number of carbonyl (C=O) groups excluding carboxylic acids is 3. The number of hydrogen-bond donors (Lipinski definition) is 2. The Kier molecular flexibility index (Phi) is 8.05. The molecular weight excluding hydrogens is 358 g/mol. The number of alkyl carbamates (subject to hydrolysis) is 2. The van der Waals surface area contributed by atoms with Gasteiger partial charge in [-0.1, -0.05) is 0 Å². The van der Waals surface area contributed by atoms with E-state index in [1.807, 2.05) is 0 Å². The highest BCUT2D eigenvalue weighted by Crippen LogP contribution is 2.16. The van der Waals surface area contributed by atoms with Crippen molar-refractivity contribution in [3.8, 4) is 0 Å². The van der Waals surface area contributed by atoms with Crippen molar-refractivity contribution in [2.75, 3.05) is 24.7 Å². The number of ether oxygens (including phenoxy) is 2. The van der Waals surface area contributed by atoms with Crippen molar-refractivity contribution < 1.29 is 23.9 Å². The lowest BCUT2D eigenvalue weighted by Crippen LogP contribution is -2.50. The molecule has 0 spiro atoms. The molecule has 8 nitrogen and oxygen atoms in total. The lowest BCUT2D eigenvalue weighted by Gasteiger charge is -2.26. The summed E-state index contributed by atoms with van der Waals surface area (Å²) in [6.07, 6.45) is -0.962. The van der Waals surface area contributed by atoms with E-state index < -0.39 is 29.4 Å². The molecule has 0 saturated carbocycles. The summed E-state index contributed by atoms with van der Waals surface area (Å²) < 4.78 is 10.4. The molecule has 1 saturated heterocycles. The minimum atomic E-state index is -0.765. The van der Waals surface area contributed by atoms with Crippen LogP contribution >= 0.6 is 11.8 Å². The molecule has 1 fully saturated rings. The number of thioether (sulfide) groups is 1. The summed E-state index contributed by atoms with van der Waals surface area (Å²) in [6, 6.07) is -0.765. The molecule has 1 aliphatic rings. The van der Waals surface area contributed by atoms with E-state index in [4.69, 9.17) is 9.47 Å². The zero-order valence-electron chi connectivity index (χ0n) is 16.5. The molecule has 26 heavy (non-hydrogen) atoms. The van der Waals surface area contributed by atoms with Gasteiger partial charge in [0.2, 0.25) is 5.91 Å². The highest BCUT2D eigenvalue weighted by Gasteiger charge is 2.29. The average Bonchev–Trinajstić information content (AvgIpc) is 2.95. The Balaban J connectivity index is 2.61. The summed E-state index contributed by atoms with van der Waals surface area (Å²) in [7, 11) is 0. The predicted octanol–water partition coefficient (Wildman–Crippen LogP) is 2.33. The largest absolute Gasteiger partial charge is 0.444 e. The number of nitrogens with zero attached hydrogens (tertiary/aromatic N) is 1. The van der Waals surface area contributed by atoms with E-state index in [9.17, 15) is 14.4 Å². The van der Waals surface area contributed by atoms with Crippen molar-refractivity contribution in [1.82, 2.24) is 15.5 Å². The van der Waals surface area contributed by atoms with Crippen LogP contribution in [0.1, 0.15) is 48.0 Å². The molecule has 0 unspecified atom stereocenters. The summed E-state index contributed by atoms with van der Waals surface area (Å²) in [5, 5.41) is 5.23. The molecule has 150 valence electrons. The molecule has 2 N–H and O–H groups in total. The van der Waals surface area contributed by atoms with Gasteiger partial charge in [-0.25, -0.2) is 9.59 Å². The van der Waals surface area contributed by atoms with E-state index in [1.165, 1.54) is 0 Å². The van der Waals surface area contributed by atoms with Gasteiger partial charge in [-0.05, 0) is 48.0 Å². The second-order valence-electron chi connectivity index (χ2n) is 8.06. The summed E-state index contributed by atoms with van der Waals surface area (Å²) in [5.41, 5.74) is -1.25. The number of hydrogen-bond acceptors (Lipinski definition) is 6. The van der Waals surface area contributed by atoms with Crippen molar-refractivity contribution in [2.24, 2.45) is 0 Å². The highest BCUT2D eigenvalue weighted by molar-refractivity contribution is 7.99. The maximum Gasteiger partial charge on any atom is 0.408 e. The predicted molar refractivity (Wildman–Crippen MR) is 101 cm³/mol. The first-order valence-electron chi connectivity index (χ1n) is 8.70. The Morgan fingerprint density at radius 3 is 2.12 bits per heavy atom. The van der Waals surface area contributed by atoms with Crippen LogP contribution in [0, 0.1) is 0 Å². The molecular formula is C17H31N3O5S. The van der Waals surface area contributed by atoms with E-state index in [1.54, 1.807) is 58.2 Å². The molecule has 0 aromatic carbocycles. The number of carbonyl (C=O) groups is 3. The number of amides is 3. The van der Waals surface area contributed by atoms with Crippen LogP contribution in [0.25, 0.3) is 0 Å². The summed E-state index contributed by atoms with van der Waals surface area (Å²) in [4.78, 5) is 38.1. The van der Waals surface area contributed by atoms with Crippen molar-refractivity contribution in [2.45, 2.75) is 65.2 Å². The minimum absolute atomic E-state index is 0.174. The lowest BCUT2D eigenvalue weighted by molar-refractivity contribution is -0.132. The quantitative estimate of drug-likeness (QED) is 0.749. The average molecular weight is 390 g/mol. The first kappa shape index (κ1) is 22.4. The topological polar surface area (TPSA) is 97.0 Å². The van der Waals surface area contributed by atoms with Crippen LogP contribution in [-0.2, 0) is 14.3 Å². The zero-order valence-corrected chi connectivity index (χ0v) is 17.3. The van der Waals surface area contributed by atoms with Gasteiger partial charge in [-0.2, -0.15) is 0 Å². The Labute approximate surface area is 159 Å². The molecule has 0 aromatic rings. The van der Waals surface area contributed by atoms with Crippen LogP contribution in [0.15, 0.2) is 0 Å². The van der Waals surface area contributed by atoms with Crippen LogP contribution in [0.4, 0.5) is 9.59 Å². The fourth-order valence-corrected chi connectivity index (χ4v) is 3.10. The highest BCUT2D eigenvalue weighted by atomic mass is 32.2. The molecule has 1 heterocycles. The van der Waals surface area contributed by atoms with E-state index in [-0.39, 0.29) is 18.9 Å².